The highest BCUT2D eigenvalue weighted by molar-refractivity contribution is 5.76. The third-order valence-electron chi connectivity index (χ3n) is 4.13. The fraction of sp³-hybridized carbons (Fsp3) is 0.667. The van der Waals surface area contributed by atoms with Gasteiger partial charge in [-0.3, -0.25) is 4.79 Å². The van der Waals surface area contributed by atoms with Gasteiger partial charge in [-0.15, -0.1) is 0 Å². The molecule has 21 heavy (non-hydrogen) atoms. The van der Waals surface area contributed by atoms with Crippen LogP contribution in [0.4, 0.5) is 5.82 Å². The van der Waals surface area contributed by atoms with Crippen LogP contribution in [0.1, 0.15) is 45.4 Å². The van der Waals surface area contributed by atoms with Crippen LogP contribution in [0, 0.1) is 12.3 Å². The first kappa shape index (κ1) is 15.5. The molecule has 0 aliphatic heterocycles. The van der Waals surface area contributed by atoms with Crippen molar-refractivity contribution in [2.24, 2.45) is 5.41 Å². The zero-order valence-electron chi connectivity index (χ0n) is 12.8. The van der Waals surface area contributed by atoms with E-state index in [2.05, 4.69) is 15.3 Å². The molecule has 2 unspecified atom stereocenters. The van der Waals surface area contributed by atoms with Gasteiger partial charge in [0.2, 0.25) is 5.88 Å². The lowest BCUT2D eigenvalue weighted by atomic mass is 9.71. The summed E-state index contributed by atoms with van der Waals surface area (Å²) in [5.74, 6) is 0.998. The van der Waals surface area contributed by atoms with Gasteiger partial charge in [-0.2, -0.15) is 4.98 Å². The van der Waals surface area contributed by atoms with Crippen LogP contribution in [-0.2, 0) is 4.79 Å². The number of anilines is 1. The Labute approximate surface area is 124 Å². The molecule has 1 saturated carbocycles. The summed E-state index contributed by atoms with van der Waals surface area (Å²) < 4.78 is 5.41. The van der Waals surface area contributed by atoms with Crippen molar-refractivity contribution in [3.8, 4) is 5.88 Å². The van der Waals surface area contributed by atoms with E-state index >= 15 is 0 Å². The molecule has 1 aliphatic rings. The molecule has 2 N–H and O–H groups in total. The number of hydrogen-bond donors (Lipinski definition) is 2. The molecule has 6 heteroatoms. The number of aliphatic carboxylic acids is 1. The average molecular weight is 293 g/mol. The van der Waals surface area contributed by atoms with Crippen LogP contribution in [0.15, 0.2) is 6.07 Å². The number of nitrogens with one attached hydrogen (secondary N) is 1. The van der Waals surface area contributed by atoms with E-state index in [0.717, 1.165) is 19.3 Å². The molecular weight excluding hydrogens is 270 g/mol. The molecule has 0 spiro atoms. The normalized spacial score (nSPS) is 25.4. The Morgan fingerprint density at radius 1 is 1.52 bits per heavy atom. The van der Waals surface area contributed by atoms with E-state index in [4.69, 9.17) is 4.74 Å². The van der Waals surface area contributed by atoms with Gasteiger partial charge >= 0.3 is 5.97 Å². The molecular formula is C15H23N3O3. The Hall–Kier alpha value is -1.85. The number of carbonyl (C=O) groups is 1. The van der Waals surface area contributed by atoms with Gasteiger partial charge in [0.15, 0.2) is 0 Å². The van der Waals surface area contributed by atoms with Crippen molar-refractivity contribution in [1.29, 1.82) is 0 Å². The maximum atomic E-state index is 11.6. The summed E-state index contributed by atoms with van der Waals surface area (Å²) in [7, 11) is 0. The summed E-state index contributed by atoms with van der Waals surface area (Å²) in [6.07, 6.45) is 3.50. The Kier molecular flexibility index (Phi) is 4.65. The maximum Gasteiger partial charge on any atom is 0.311 e. The lowest BCUT2D eigenvalue weighted by Gasteiger charge is -2.38. The Balaban J connectivity index is 2.21. The molecule has 0 radical (unpaired) electrons. The SMILES string of the molecule is CCOc1cc(NC2CCCCC2(C)C(=O)O)nc(C)n1. The minimum Gasteiger partial charge on any atom is -0.481 e. The quantitative estimate of drug-likeness (QED) is 0.868. The van der Waals surface area contributed by atoms with Gasteiger partial charge in [0.25, 0.3) is 0 Å². The van der Waals surface area contributed by atoms with E-state index in [1.807, 2.05) is 13.8 Å². The van der Waals surface area contributed by atoms with Crippen molar-refractivity contribution in [3.63, 3.8) is 0 Å². The number of hydrogen-bond acceptors (Lipinski definition) is 5. The largest absolute Gasteiger partial charge is 0.481 e. The van der Waals surface area contributed by atoms with Crippen LogP contribution in [-0.4, -0.2) is 33.7 Å². The minimum absolute atomic E-state index is 0.132. The van der Waals surface area contributed by atoms with Crippen molar-refractivity contribution in [3.05, 3.63) is 11.9 Å². The van der Waals surface area contributed by atoms with Crippen LogP contribution in [0.25, 0.3) is 0 Å². The van der Waals surface area contributed by atoms with Gasteiger partial charge in [-0.25, -0.2) is 4.98 Å². The van der Waals surface area contributed by atoms with E-state index in [-0.39, 0.29) is 6.04 Å². The number of aromatic nitrogens is 2. The highest BCUT2D eigenvalue weighted by Crippen LogP contribution is 2.38. The van der Waals surface area contributed by atoms with Crippen LogP contribution in [0.3, 0.4) is 0 Å². The molecule has 1 aromatic rings. The monoisotopic (exact) mass is 293 g/mol. The second-order valence-electron chi connectivity index (χ2n) is 5.74. The zero-order chi connectivity index (χ0) is 15.5. The summed E-state index contributed by atoms with van der Waals surface area (Å²) in [6, 6.07) is 1.60. The Morgan fingerprint density at radius 3 is 2.95 bits per heavy atom. The zero-order valence-corrected chi connectivity index (χ0v) is 12.8. The number of ether oxygens (including phenoxy) is 1. The van der Waals surface area contributed by atoms with Gasteiger partial charge in [-0.05, 0) is 33.6 Å². The molecule has 1 aliphatic carbocycles. The molecule has 1 aromatic heterocycles. The second kappa shape index (κ2) is 6.28. The topological polar surface area (TPSA) is 84.3 Å². The van der Waals surface area contributed by atoms with E-state index in [9.17, 15) is 9.90 Å². The fourth-order valence-electron chi connectivity index (χ4n) is 2.84. The summed E-state index contributed by atoms with van der Waals surface area (Å²) in [5.41, 5.74) is -0.761. The van der Waals surface area contributed by atoms with Gasteiger partial charge in [-0.1, -0.05) is 12.8 Å². The molecule has 116 valence electrons. The highest BCUT2D eigenvalue weighted by Gasteiger charge is 2.43. The highest BCUT2D eigenvalue weighted by atomic mass is 16.5. The van der Waals surface area contributed by atoms with Gasteiger partial charge in [0.05, 0.1) is 12.0 Å². The molecule has 2 rings (SSSR count). The lowest BCUT2D eigenvalue weighted by Crippen LogP contribution is -2.46. The van der Waals surface area contributed by atoms with Crippen molar-refractivity contribution in [1.82, 2.24) is 9.97 Å². The molecule has 0 bridgehead atoms. The summed E-state index contributed by atoms with van der Waals surface area (Å²) in [5, 5.41) is 12.8. The van der Waals surface area contributed by atoms with Crippen molar-refractivity contribution in [2.75, 3.05) is 11.9 Å². The third-order valence-corrected chi connectivity index (χ3v) is 4.13. The fourth-order valence-corrected chi connectivity index (χ4v) is 2.84. The summed E-state index contributed by atoms with van der Waals surface area (Å²) in [4.78, 5) is 20.2. The van der Waals surface area contributed by atoms with E-state index in [0.29, 0.717) is 30.5 Å². The number of aryl methyl sites for hydroxylation is 1. The second-order valence-corrected chi connectivity index (χ2v) is 5.74. The maximum absolute atomic E-state index is 11.6. The first-order valence-electron chi connectivity index (χ1n) is 7.44. The number of rotatable bonds is 5. The average Bonchev–Trinajstić information content (AvgIpc) is 2.41. The first-order chi connectivity index (χ1) is 9.95. The molecule has 1 fully saturated rings. The number of carboxylic acids is 1. The Morgan fingerprint density at radius 2 is 2.29 bits per heavy atom. The number of nitrogens with zero attached hydrogens (tertiary/aromatic N) is 2. The molecule has 0 saturated heterocycles. The molecule has 6 nitrogen and oxygen atoms in total. The van der Waals surface area contributed by atoms with Crippen LogP contribution < -0.4 is 10.1 Å². The van der Waals surface area contributed by atoms with Crippen molar-refractivity contribution in [2.45, 2.75) is 52.5 Å². The standard InChI is InChI=1S/C15H23N3O3/c1-4-21-13-9-12(16-10(2)17-13)18-11-7-5-6-8-15(11,3)14(19)20/h9,11H,4-8H2,1-3H3,(H,19,20)(H,16,17,18). The lowest BCUT2D eigenvalue weighted by molar-refractivity contribution is -0.150. The summed E-state index contributed by atoms with van der Waals surface area (Å²) >= 11 is 0. The Bertz CT molecular complexity index is 521. The van der Waals surface area contributed by atoms with E-state index < -0.39 is 11.4 Å². The molecule has 1 heterocycles. The molecule has 0 amide bonds. The van der Waals surface area contributed by atoms with Crippen LogP contribution in [0.2, 0.25) is 0 Å². The van der Waals surface area contributed by atoms with Gasteiger partial charge in [0, 0.05) is 12.1 Å². The van der Waals surface area contributed by atoms with Crippen LogP contribution in [0.5, 0.6) is 5.88 Å². The number of carboxylic acid groups (broad SMARTS) is 1. The van der Waals surface area contributed by atoms with Crippen molar-refractivity contribution >= 4 is 11.8 Å². The third kappa shape index (κ3) is 3.43. The van der Waals surface area contributed by atoms with E-state index in [1.165, 1.54) is 0 Å². The predicted octanol–water partition coefficient (Wildman–Crippen LogP) is 2.63. The van der Waals surface area contributed by atoms with Crippen LogP contribution >= 0.6 is 0 Å². The summed E-state index contributed by atoms with van der Waals surface area (Å²) in [6.45, 7) is 6.04. The van der Waals surface area contributed by atoms with E-state index in [1.54, 1.807) is 13.0 Å². The minimum atomic E-state index is -0.761. The predicted molar refractivity (Wildman–Crippen MR) is 79.6 cm³/mol. The molecule has 2 atom stereocenters. The van der Waals surface area contributed by atoms with Gasteiger partial charge < -0.3 is 15.2 Å². The first-order valence-corrected chi connectivity index (χ1v) is 7.44. The van der Waals surface area contributed by atoms with Gasteiger partial charge in [0.1, 0.15) is 11.6 Å². The van der Waals surface area contributed by atoms with Crippen molar-refractivity contribution < 1.29 is 14.6 Å². The molecule has 0 aromatic carbocycles. The smallest absolute Gasteiger partial charge is 0.311 e.